The van der Waals surface area contributed by atoms with Crippen molar-refractivity contribution in [2.24, 2.45) is 0 Å². The third-order valence-electron chi connectivity index (χ3n) is 3.19. The molecule has 0 bridgehead atoms. The Hall–Kier alpha value is -1.69. The highest BCUT2D eigenvalue weighted by Gasteiger charge is 2.29. The molecule has 20 heavy (non-hydrogen) atoms. The van der Waals surface area contributed by atoms with E-state index in [-0.39, 0.29) is 23.9 Å². The van der Waals surface area contributed by atoms with Crippen molar-refractivity contribution in [2.75, 3.05) is 14.2 Å². The lowest BCUT2D eigenvalue weighted by molar-refractivity contribution is -0.138. The molecule has 0 amide bonds. The molecule has 0 saturated carbocycles. The second-order valence-corrected chi connectivity index (χ2v) is 5.73. The van der Waals surface area contributed by atoms with Crippen molar-refractivity contribution in [2.45, 2.75) is 29.4 Å². The molecule has 108 valence electrons. The van der Waals surface area contributed by atoms with E-state index in [1.165, 1.54) is 11.8 Å². The van der Waals surface area contributed by atoms with Crippen LogP contribution in [0.4, 0.5) is 0 Å². The van der Waals surface area contributed by atoms with Crippen molar-refractivity contribution in [3.8, 4) is 11.5 Å². The number of rotatable bonds is 6. The minimum atomic E-state index is -0.942. The van der Waals surface area contributed by atoms with E-state index in [1.807, 2.05) is 12.1 Å². The third kappa shape index (κ3) is 3.07. The van der Waals surface area contributed by atoms with Crippen LogP contribution in [-0.4, -0.2) is 36.3 Å². The molecule has 0 fully saturated rings. The molecule has 1 aliphatic heterocycles. The summed E-state index contributed by atoms with van der Waals surface area (Å²) in [6.45, 7) is 0. The van der Waals surface area contributed by atoms with Crippen LogP contribution in [0.25, 0.3) is 0 Å². The summed E-state index contributed by atoms with van der Waals surface area (Å²) in [5, 5.41) is 8.42. The summed E-state index contributed by atoms with van der Waals surface area (Å²) < 4.78 is 10.5. The van der Waals surface area contributed by atoms with Gasteiger partial charge in [-0.05, 0) is 24.1 Å². The third-order valence-corrected chi connectivity index (χ3v) is 4.53. The van der Waals surface area contributed by atoms with E-state index < -0.39 is 5.97 Å². The molecule has 2 rings (SSSR count). The number of carboxylic acids is 1. The first kappa shape index (κ1) is 14.7. The summed E-state index contributed by atoms with van der Waals surface area (Å²) >= 11 is 1.47. The Bertz CT molecular complexity index is 508. The number of fused-ring (bicyclic) bond motifs is 1. The summed E-state index contributed by atoms with van der Waals surface area (Å²) in [4.78, 5) is 23.5. The highest BCUT2D eigenvalue weighted by Crippen LogP contribution is 2.43. The maximum absolute atomic E-state index is 12.0. The minimum Gasteiger partial charge on any atom is -0.493 e. The number of ether oxygens (including phenoxy) is 2. The number of carboxylic acid groups (broad SMARTS) is 1. The topological polar surface area (TPSA) is 72.8 Å². The van der Waals surface area contributed by atoms with Crippen LogP contribution in [0, 0.1) is 0 Å². The fourth-order valence-electron chi connectivity index (χ4n) is 2.14. The number of hydrogen-bond acceptors (Lipinski definition) is 5. The van der Waals surface area contributed by atoms with Crippen LogP contribution in [-0.2, 0) is 16.0 Å². The lowest BCUT2D eigenvalue weighted by Gasteiger charge is -2.09. The molecule has 6 heteroatoms. The predicted octanol–water partition coefficient (Wildman–Crippen LogP) is 2.15. The molecule has 1 aromatic rings. The van der Waals surface area contributed by atoms with Gasteiger partial charge in [-0.15, -0.1) is 11.8 Å². The van der Waals surface area contributed by atoms with Gasteiger partial charge in [0.05, 0.1) is 25.9 Å². The van der Waals surface area contributed by atoms with Crippen LogP contribution in [0.1, 0.15) is 18.4 Å². The van der Waals surface area contributed by atoms with Gasteiger partial charge in [-0.1, -0.05) is 0 Å². The zero-order chi connectivity index (χ0) is 14.7. The number of Topliss-reactive ketones (excluding diaryl/α,β-unsaturated/α-hetero) is 1. The number of carbonyl (C=O) groups excluding carboxylic acids is 1. The van der Waals surface area contributed by atoms with E-state index >= 15 is 0 Å². The number of methoxy groups -OCH3 is 2. The van der Waals surface area contributed by atoms with Crippen LogP contribution >= 0.6 is 11.8 Å². The quantitative estimate of drug-likeness (QED) is 0.867. The number of aliphatic carboxylic acids is 1. The fourth-order valence-corrected chi connectivity index (χ4v) is 3.42. The van der Waals surface area contributed by atoms with Gasteiger partial charge in [0, 0.05) is 11.3 Å². The molecule has 1 aliphatic rings. The number of thioether (sulfide) groups is 1. The van der Waals surface area contributed by atoms with Crippen LogP contribution in [0.15, 0.2) is 17.0 Å². The average molecular weight is 296 g/mol. The fraction of sp³-hybridized carbons (Fsp3) is 0.429. The van der Waals surface area contributed by atoms with E-state index in [9.17, 15) is 9.59 Å². The van der Waals surface area contributed by atoms with Gasteiger partial charge < -0.3 is 14.6 Å². The molecule has 1 heterocycles. The molecule has 5 nitrogen and oxygen atoms in total. The number of hydrogen-bond donors (Lipinski definition) is 1. The van der Waals surface area contributed by atoms with Crippen molar-refractivity contribution < 1.29 is 24.2 Å². The lowest BCUT2D eigenvalue weighted by atomic mass is 10.0. The van der Waals surface area contributed by atoms with Gasteiger partial charge in [-0.25, -0.2) is 0 Å². The van der Waals surface area contributed by atoms with Crippen molar-refractivity contribution >= 4 is 23.5 Å². The first-order valence-corrected chi connectivity index (χ1v) is 7.09. The first-order chi connectivity index (χ1) is 9.55. The Morgan fingerprint density at radius 3 is 2.50 bits per heavy atom. The molecule has 0 aliphatic carbocycles. The standard InChI is InChI=1S/C14H16O5S/c1-18-10-5-8-6-13(9(15)3-4-14(16)17)20-12(8)7-11(10)19-2/h5,7,13H,3-4,6H2,1-2H3,(H,16,17). The molecule has 0 aromatic heterocycles. The summed E-state index contributed by atoms with van der Waals surface area (Å²) in [7, 11) is 3.14. The Morgan fingerprint density at radius 2 is 1.90 bits per heavy atom. The smallest absolute Gasteiger partial charge is 0.303 e. The largest absolute Gasteiger partial charge is 0.493 e. The normalized spacial score (nSPS) is 16.6. The van der Waals surface area contributed by atoms with Gasteiger partial charge in [0.25, 0.3) is 0 Å². The highest BCUT2D eigenvalue weighted by atomic mass is 32.2. The summed E-state index contributed by atoms with van der Waals surface area (Å²) in [6.07, 6.45) is 0.576. The monoisotopic (exact) mass is 296 g/mol. The molecular weight excluding hydrogens is 280 g/mol. The molecule has 1 atom stereocenters. The molecule has 0 saturated heterocycles. The van der Waals surface area contributed by atoms with E-state index in [0.29, 0.717) is 17.9 Å². The maximum atomic E-state index is 12.0. The summed E-state index contributed by atoms with van der Waals surface area (Å²) in [5.41, 5.74) is 1.04. The summed E-state index contributed by atoms with van der Waals surface area (Å²) in [6, 6.07) is 3.74. The molecule has 0 radical (unpaired) electrons. The second kappa shape index (κ2) is 6.17. The zero-order valence-corrected chi connectivity index (χ0v) is 12.2. The molecule has 1 unspecified atom stereocenters. The van der Waals surface area contributed by atoms with E-state index in [1.54, 1.807) is 14.2 Å². The van der Waals surface area contributed by atoms with Gasteiger partial charge in [0.2, 0.25) is 0 Å². The van der Waals surface area contributed by atoms with Gasteiger partial charge in [0.15, 0.2) is 11.5 Å². The Morgan fingerprint density at radius 1 is 1.25 bits per heavy atom. The van der Waals surface area contributed by atoms with Crippen molar-refractivity contribution in [3.63, 3.8) is 0 Å². The van der Waals surface area contributed by atoms with Crippen molar-refractivity contribution in [1.29, 1.82) is 0 Å². The average Bonchev–Trinajstić information content (AvgIpc) is 2.85. The van der Waals surface area contributed by atoms with Crippen molar-refractivity contribution in [3.05, 3.63) is 17.7 Å². The van der Waals surface area contributed by atoms with E-state index in [2.05, 4.69) is 0 Å². The summed E-state index contributed by atoms with van der Waals surface area (Å²) in [5.74, 6) is 0.316. The van der Waals surface area contributed by atoms with Gasteiger partial charge in [-0.2, -0.15) is 0 Å². The van der Waals surface area contributed by atoms with Gasteiger partial charge in [0.1, 0.15) is 5.78 Å². The highest BCUT2D eigenvalue weighted by molar-refractivity contribution is 8.01. The number of benzene rings is 1. The Kier molecular flexibility index (Phi) is 4.54. The minimum absolute atomic E-state index is 0.0217. The Balaban J connectivity index is 2.10. The van der Waals surface area contributed by atoms with Crippen LogP contribution in [0.5, 0.6) is 11.5 Å². The van der Waals surface area contributed by atoms with Crippen LogP contribution < -0.4 is 9.47 Å². The lowest BCUT2D eigenvalue weighted by Crippen LogP contribution is -2.17. The molecule has 0 spiro atoms. The Labute approximate surface area is 121 Å². The van der Waals surface area contributed by atoms with E-state index in [0.717, 1.165) is 10.5 Å². The number of carbonyl (C=O) groups is 2. The van der Waals surface area contributed by atoms with Gasteiger partial charge in [-0.3, -0.25) is 9.59 Å². The SMILES string of the molecule is COc1cc2c(cc1OC)SC(C(=O)CCC(=O)O)C2. The van der Waals surface area contributed by atoms with Crippen LogP contribution in [0.2, 0.25) is 0 Å². The zero-order valence-electron chi connectivity index (χ0n) is 11.3. The van der Waals surface area contributed by atoms with E-state index in [4.69, 9.17) is 14.6 Å². The van der Waals surface area contributed by atoms with Crippen LogP contribution in [0.3, 0.4) is 0 Å². The molecular formula is C14H16O5S. The maximum Gasteiger partial charge on any atom is 0.303 e. The first-order valence-electron chi connectivity index (χ1n) is 6.21. The second-order valence-electron chi connectivity index (χ2n) is 4.49. The number of ketones is 1. The molecule has 1 aromatic carbocycles. The van der Waals surface area contributed by atoms with Gasteiger partial charge >= 0.3 is 5.97 Å². The molecule has 1 N–H and O–H groups in total. The van der Waals surface area contributed by atoms with Crippen molar-refractivity contribution in [1.82, 2.24) is 0 Å². The predicted molar refractivity (Wildman–Crippen MR) is 74.8 cm³/mol.